The number of aryl methyl sites for hydroxylation is 1. The molecule has 3 N–H and O–H groups in total. The summed E-state index contributed by atoms with van der Waals surface area (Å²) in [5.41, 5.74) is 2.31. The van der Waals surface area contributed by atoms with Crippen LogP contribution in [-0.2, 0) is 6.54 Å². The number of rotatable bonds is 4. The minimum absolute atomic E-state index is 0. The molecule has 0 radical (unpaired) electrons. The number of azo groups is 1. The zero-order chi connectivity index (χ0) is 18.1. The maximum Gasteiger partial charge on any atom is 0.288 e. The van der Waals surface area contributed by atoms with Gasteiger partial charge in [0.25, 0.3) is 5.95 Å². The summed E-state index contributed by atoms with van der Waals surface area (Å²) in [5.74, 6) is 6.53. The minimum Gasteiger partial charge on any atom is -0.493 e. The van der Waals surface area contributed by atoms with E-state index in [1.54, 1.807) is 11.5 Å². The van der Waals surface area contributed by atoms with Crippen molar-refractivity contribution in [3.05, 3.63) is 66.0 Å². The summed E-state index contributed by atoms with van der Waals surface area (Å²) in [6.07, 6.45) is 0. The Morgan fingerprint density at radius 1 is 1.00 bits per heavy atom. The lowest BCUT2D eigenvalue weighted by Crippen LogP contribution is -2.09. The fraction of sp³-hybridized carbons (Fsp3) is 0.111. The van der Waals surface area contributed by atoms with Gasteiger partial charge in [-0.05, 0) is 18.6 Å². The predicted octanol–water partition coefficient (Wildman–Crippen LogP) is 3.85. The average molecular weight is 384 g/mol. The Kier molecular flexibility index (Phi) is 5.09. The SMILES string of the molecule is Cc1nnc(N=Nc2c(O)n(Cc3ccccc3)c3ccccc23)n1N.Cl. The van der Waals surface area contributed by atoms with Crippen LogP contribution in [-0.4, -0.2) is 24.5 Å². The second-order valence-corrected chi connectivity index (χ2v) is 5.88. The van der Waals surface area contributed by atoms with Crippen LogP contribution in [0.15, 0.2) is 64.8 Å². The molecule has 8 nitrogen and oxygen atoms in total. The molecule has 0 saturated heterocycles. The van der Waals surface area contributed by atoms with Crippen molar-refractivity contribution in [2.45, 2.75) is 13.5 Å². The van der Waals surface area contributed by atoms with Crippen molar-refractivity contribution in [3.8, 4) is 5.88 Å². The summed E-state index contributed by atoms with van der Waals surface area (Å²) in [6.45, 7) is 2.24. The Labute approximate surface area is 161 Å². The molecule has 0 saturated carbocycles. The molecule has 4 aromatic rings. The van der Waals surface area contributed by atoms with Crippen LogP contribution in [0.2, 0.25) is 0 Å². The third-order valence-electron chi connectivity index (χ3n) is 4.19. The molecule has 0 fully saturated rings. The fourth-order valence-electron chi connectivity index (χ4n) is 2.82. The number of benzene rings is 2. The standard InChI is InChI=1S/C18H17N7O.ClH/c1-12-20-22-18(25(12)19)23-21-16-14-9-5-6-10-15(14)24(17(16)26)11-13-7-3-2-4-8-13;/h2-10,26H,11,19H2,1H3;1H. The van der Waals surface area contributed by atoms with Crippen LogP contribution in [0.4, 0.5) is 11.6 Å². The van der Waals surface area contributed by atoms with E-state index in [9.17, 15) is 5.11 Å². The number of nitrogen functional groups attached to an aromatic ring is 1. The molecule has 0 aliphatic heterocycles. The number of hydrogen-bond acceptors (Lipinski definition) is 6. The van der Waals surface area contributed by atoms with Crippen LogP contribution < -0.4 is 5.84 Å². The molecule has 2 aromatic carbocycles. The predicted molar refractivity (Wildman–Crippen MR) is 105 cm³/mol. The van der Waals surface area contributed by atoms with Gasteiger partial charge in [-0.2, -0.15) is 0 Å². The molecule has 0 bridgehead atoms. The molecule has 138 valence electrons. The molecule has 0 aliphatic rings. The molecule has 0 atom stereocenters. The van der Waals surface area contributed by atoms with Gasteiger partial charge in [0.15, 0.2) is 11.5 Å². The molecule has 27 heavy (non-hydrogen) atoms. The maximum absolute atomic E-state index is 10.8. The summed E-state index contributed by atoms with van der Waals surface area (Å²) in [5, 5.41) is 27.5. The van der Waals surface area contributed by atoms with Gasteiger partial charge in [-0.15, -0.1) is 32.8 Å². The van der Waals surface area contributed by atoms with Crippen LogP contribution in [0.3, 0.4) is 0 Å². The van der Waals surface area contributed by atoms with Gasteiger partial charge in [0.05, 0.1) is 12.1 Å². The van der Waals surface area contributed by atoms with Gasteiger partial charge in [-0.3, -0.25) is 0 Å². The first-order valence-corrected chi connectivity index (χ1v) is 8.08. The van der Waals surface area contributed by atoms with Crippen LogP contribution in [0.25, 0.3) is 10.9 Å². The van der Waals surface area contributed by atoms with E-state index >= 15 is 0 Å². The summed E-state index contributed by atoms with van der Waals surface area (Å²) >= 11 is 0. The van der Waals surface area contributed by atoms with Crippen LogP contribution >= 0.6 is 12.4 Å². The Morgan fingerprint density at radius 2 is 1.70 bits per heavy atom. The zero-order valence-corrected chi connectivity index (χ0v) is 15.3. The van der Waals surface area contributed by atoms with Gasteiger partial charge < -0.3 is 15.5 Å². The number of fused-ring (bicyclic) bond motifs is 1. The van der Waals surface area contributed by atoms with Crippen molar-refractivity contribution in [3.63, 3.8) is 0 Å². The molecule has 2 heterocycles. The largest absolute Gasteiger partial charge is 0.493 e. The number of aromatic nitrogens is 4. The fourth-order valence-corrected chi connectivity index (χ4v) is 2.82. The molecule has 0 unspecified atom stereocenters. The third kappa shape index (κ3) is 3.34. The number of nitrogens with zero attached hydrogens (tertiary/aromatic N) is 6. The van der Waals surface area contributed by atoms with Crippen LogP contribution in [0.5, 0.6) is 5.88 Å². The van der Waals surface area contributed by atoms with E-state index in [1.165, 1.54) is 4.68 Å². The highest BCUT2D eigenvalue weighted by Gasteiger charge is 2.17. The summed E-state index contributed by atoms with van der Waals surface area (Å²) in [6, 6.07) is 17.6. The number of halogens is 1. The van der Waals surface area contributed by atoms with Crippen molar-refractivity contribution in [2.24, 2.45) is 10.2 Å². The van der Waals surface area contributed by atoms with E-state index in [-0.39, 0.29) is 24.2 Å². The van der Waals surface area contributed by atoms with E-state index in [0.717, 1.165) is 16.5 Å². The normalized spacial score (nSPS) is 11.1. The molecular weight excluding hydrogens is 366 g/mol. The number of nitrogens with two attached hydrogens (primary N) is 1. The Bertz CT molecular complexity index is 1100. The monoisotopic (exact) mass is 383 g/mol. The summed E-state index contributed by atoms with van der Waals surface area (Å²) < 4.78 is 3.04. The Morgan fingerprint density at radius 3 is 2.41 bits per heavy atom. The Balaban J connectivity index is 0.00000210. The van der Waals surface area contributed by atoms with Gasteiger partial charge in [0, 0.05) is 5.39 Å². The van der Waals surface area contributed by atoms with Crippen molar-refractivity contribution in [2.75, 3.05) is 5.84 Å². The molecule has 2 aromatic heterocycles. The summed E-state index contributed by atoms with van der Waals surface area (Å²) in [4.78, 5) is 0. The topological polar surface area (TPSA) is 107 Å². The van der Waals surface area contributed by atoms with Gasteiger partial charge in [-0.1, -0.05) is 48.5 Å². The molecular formula is C18H18ClN7O. The molecule has 0 spiro atoms. The van der Waals surface area contributed by atoms with Crippen molar-refractivity contribution >= 4 is 34.9 Å². The Hall–Kier alpha value is -3.39. The van der Waals surface area contributed by atoms with Gasteiger partial charge >= 0.3 is 0 Å². The smallest absolute Gasteiger partial charge is 0.288 e. The first-order chi connectivity index (χ1) is 12.6. The van der Waals surface area contributed by atoms with E-state index in [1.807, 2.05) is 54.6 Å². The molecule has 9 heteroatoms. The van der Waals surface area contributed by atoms with E-state index in [4.69, 9.17) is 5.84 Å². The lowest BCUT2D eigenvalue weighted by molar-refractivity contribution is 0.429. The van der Waals surface area contributed by atoms with Crippen LogP contribution in [0, 0.1) is 6.92 Å². The van der Waals surface area contributed by atoms with Crippen molar-refractivity contribution in [1.82, 2.24) is 19.4 Å². The first-order valence-electron chi connectivity index (χ1n) is 8.08. The van der Waals surface area contributed by atoms with E-state index < -0.39 is 0 Å². The van der Waals surface area contributed by atoms with E-state index in [2.05, 4.69) is 20.4 Å². The average Bonchev–Trinajstić information content (AvgIpc) is 3.12. The third-order valence-corrected chi connectivity index (χ3v) is 4.19. The molecule has 0 aliphatic carbocycles. The highest BCUT2D eigenvalue weighted by atomic mass is 35.5. The second-order valence-electron chi connectivity index (χ2n) is 5.88. The van der Waals surface area contributed by atoms with Gasteiger partial charge in [0.1, 0.15) is 0 Å². The molecule has 4 rings (SSSR count). The number of hydrogen-bond donors (Lipinski definition) is 2. The minimum atomic E-state index is 0. The maximum atomic E-state index is 10.8. The lowest BCUT2D eigenvalue weighted by atomic mass is 10.2. The molecule has 0 amide bonds. The van der Waals surface area contributed by atoms with Crippen LogP contribution in [0.1, 0.15) is 11.4 Å². The van der Waals surface area contributed by atoms with Crippen molar-refractivity contribution in [1.29, 1.82) is 0 Å². The van der Waals surface area contributed by atoms with Gasteiger partial charge in [0.2, 0.25) is 5.88 Å². The highest BCUT2D eigenvalue weighted by molar-refractivity contribution is 5.95. The first kappa shape index (κ1) is 18.4. The van der Waals surface area contributed by atoms with Gasteiger partial charge in [-0.25, -0.2) is 4.68 Å². The summed E-state index contributed by atoms with van der Waals surface area (Å²) in [7, 11) is 0. The quantitative estimate of drug-likeness (QED) is 0.412. The number of para-hydroxylation sites is 1. The van der Waals surface area contributed by atoms with Crippen molar-refractivity contribution < 1.29 is 5.11 Å². The zero-order valence-electron chi connectivity index (χ0n) is 14.5. The number of aromatic hydroxyl groups is 1. The second kappa shape index (κ2) is 7.46. The van der Waals surface area contributed by atoms with E-state index in [0.29, 0.717) is 18.1 Å². The highest BCUT2D eigenvalue weighted by Crippen LogP contribution is 2.39. The lowest BCUT2D eigenvalue weighted by Gasteiger charge is -2.06.